The second-order valence-electron chi connectivity index (χ2n) is 10.1. The van der Waals surface area contributed by atoms with Crippen molar-refractivity contribution in [1.82, 2.24) is 10.6 Å². The second-order valence-corrected chi connectivity index (χ2v) is 10.1. The molecule has 0 aliphatic rings. The molecular weight excluding hydrogens is 342 g/mol. The number of carbonyl (C=O) groups is 2. The Hall–Kier alpha value is -1.14. The van der Waals surface area contributed by atoms with Gasteiger partial charge in [-0.1, -0.05) is 20.8 Å². The second kappa shape index (κ2) is 11.0. The van der Waals surface area contributed by atoms with Crippen molar-refractivity contribution in [3.05, 3.63) is 0 Å². The van der Waals surface area contributed by atoms with Gasteiger partial charge in [0.25, 0.3) is 0 Å². The number of likely N-dealkylation sites (N-methyl/N-ethyl adjacent to an activating group) is 1. The number of hydrogen-bond acceptors (Lipinski definition) is 4. The molecule has 0 fully saturated rings. The molecule has 0 spiro atoms. The fourth-order valence-corrected chi connectivity index (χ4v) is 2.57. The Morgan fingerprint density at radius 1 is 1.04 bits per heavy atom. The molecule has 0 rings (SSSR count). The normalized spacial score (nSPS) is 14.0. The smallest absolute Gasteiger partial charge is 0.407 e. The van der Waals surface area contributed by atoms with Gasteiger partial charge in [0.2, 0.25) is 0 Å². The molecule has 1 unspecified atom stereocenters. The van der Waals surface area contributed by atoms with Crippen LogP contribution >= 0.6 is 0 Å². The highest BCUT2D eigenvalue weighted by Crippen LogP contribution is 2.21. The maximum absolute atomic E-state index is 12.7. The molecule has 0 radical (unpaired) electrons. The van der Waals surface area contributed by atoms with E-state index in [9.17, 15) is 9.59 Å². The van der Waals surface area contributed by atoms with Gasteiger partial charge in [0, 0.05) is 17.5 Å². The number of alkyl carbamates (subject to hydrolysis) is 1. The molecule has 160 valence electrons. The third kappa shape index (κ3) is 12.8. The van der Waals surface area contributed by atoms with Crippen molar-refractivity contribution in [2.75, 3.05) is 40.3 Å². The van der Waals surface area contributed by atoms with Crippen LogP contribution in [0.4, 0.5) is 4.79 Å². The molecule has 1 amide bonds. The Morgan fingerprint density at radius 2 is 1.63 bits per heavy atom. The van der Waals surface area contributed by atoms with Crippen molar-refractivity contribution in [2.24, 2.45) is 5.41 Å². The van der Waals surface area contributed by atoms with Crippen molar-refractivity contribution in [1.29, 1.82) is 0 Å². The van der Waals surface area contributed by atoms with E-state index < -0.39 is 0 Å². The average Bonchev–Trinajstić information content (AvgIpc) is 2.50. The molecule has 1 atom stereocenters. The number of hydrogen-bond donors (Lipinski definition) is 2. The Balaban J connectivity index is 4.20. The van der Waals surface area contributed by atoms with E-state index in [4.69, 9.17) is 4.74 Å². The fraction of sp³-hybridized carbons (Fsp3) is 0.905. The molecule has 6 heteroatoms. The number of carbonyl (C=O) groups excluding carboxylic acids is 2. The maximum atomic E-state index is 12.7. The lowest BCUT2D eigenvalue weighted by molar-refractivity contribution is -0.888. The number of nitrogens with one attached hydrogen (secondary N) is 2. The third-order valence-corrected chi connectivity index (χ3v) is 4.64. The summed E-state index contributed by atoms with van der Waals surface area (Å²) in [6.07, 6.45) is 2.11. The van der Waals surface area contributed by atoms with Crippen LogP contribution in [0.1, 0.15) is 67.7 Å². The Kier molecular flexibility index (Phi) is 10.5. The lowest BCUT2D eigenvalue weighted by atomic mass is 9.84. The number of ether oxygens (including phenoxy) is 1. The molecule has 6 nitrogen and oxygen atoms in total. The third-order valence-electron chi connectivity index (χ3n) is 4.64. The lowest BCUT2D eigenvalue weighted by Gasteiger charge is -2.31. The summed E-state index contributed by atoms with van der Waals surface area (Å²) in [6.45, 7) is 17.0. The zero-order chi connectivity index (χ0) is 21.3. The van der Waals surface area contributed by atoms with E-state index in [-0.39, 0.29) is 28.9 Å². The number of Topliss-reactive ketones (excluding diaryl/α,β-unsaturated/α-hetero) is 1. The first-order chi connectivity index (χ1) is 12.2. The van der Waals surface area contributed by atoms with Crippen LogP contribution in [0.15, 0.2) is 0 Å². The van der Waals surface area contributed by atoms with Crippen LogP contribution in [0.3, 0.4) is 0 Å². The van der Waals surface area contributed by atoms with E-state index in [1.807, 2.05) is 20.8 Å². The van der Waals surface area contributed by atoms with Crippen molar-refractivity contribution < 1.29 is 18.8 Å². The molecule has 0 saturated carbocycles. The molecular formula is C21H44N3O3+. The number of amides is 1. The van der Waals surface area contributed by atoms with Crippen LogP contribution in [0, 0.1) is 5.41 Å². The van der Waals surface area contributed by atoms with Crippen molar-refractivity contribution in [3.8, 4) is 0 Å². The summed E-state index contributed by atoms with van der Waals surface area (Å²) in [5.41, 5.74) is -0.478. The number of ketones is 1. The minimum Gasteiger partial charge on any atom is -0.444 e. The van der Waals surface area contributed by atoms with Gasteiger partial charge in [0.15, 0.2) is 5.78 Å². The Labute approximate surface area is 167 Å². The van der Waals surface area contributed by atoms with Gasteiger partial charge < -0.3 is 19.9 Å². The molecule has 27 heavy (non-hydrogen) atoms. The molecule has 0 aromatic rings. The summed E-state index contributed by atoms with van der Waals surface area (Å²) in [5.74, 6) is 0.237. The molecule has 0 heterocycles. The highest BCUT2D eigenvalue weighted by Gasteiger charge is 2.31. The predicted molar refractivity (Wildman–Crippen MR) is 112 cm³/mol. The SMILES string of the molecule is CC[N+](C)(C)CCOC(=O)NCCCCC(NC(C)(C)C)C(=O)C(C)(C)C. The van der Waals surface area contributed by atoms with Crippen LogP contribution in [0.25, 0.3) is 0 Å². The zero-order valence-electron chi connectivity index (χ0n) is 19.2. The molecule has 0 bridgehead atoms. The summed E-state index contributed by atoms with van der Waals surface area (Å²) >= 11 is 0. The summed E-state index contributed by atoms with van der Waals surface area (Å²) < 4.78 is 6.05. The predicted octanol–water partition coefficient (Wildman–Crippen LogP) is 3.35. The summed E-state index contributed by atoms with van der Waals surface area (Å²) in [5, 5.41) is 6.24. The quantitative estimate of drug-likeness (QED) is 0.422. The molecule has 0 saturated heterocycles. The molecule has 0 aromatic heterocycles. The molecule has 0 aliphatic heterocycles. The molecule has 0 aliphatic carbocycles. The van der Waals surface area contributed by atoms with Crippen LogP contribution in [0.5, 0.6) is 0 Å². The van der Waals surface area contributed by atoms with Gasteiger partial charge in [-0.15, -0.1) is 0 Å². The van der Waals surface area contributed by atoms with Gasteiger partial charge >= 0.3 is 6.09 Å². The summed E-state index contributed by atoms with van der Waals surface area (Å²) in [4.78, 5) is 24.4. The van der Waals surface area contributed by atoms with Crippen molar-refractivity contribution in [3.63, 3.8) is 0 Å². The minimum atomic E-state index is -0.365. The van der Waals surface area contributed by atoms with Crippen LogP contribution in [-0.2, 0) is 9.53 Å². The van der Waals surface area contributed by atoms with E-state index in [0.717, 1.165) is 36.8 Å². The van der Waals surface area contributed by atoms with E-state index in [0.29, 0.717) is 13.2 Å². The zero-order valence-corrected chi connectivity index (χ0v) is 19.2. The monoisotopic (exact) mass is 386 g/mol. The van der Waals surface area contributed by atoms with Crippen LogP contribution in [0.2, 0.25) is 0 Å². The van der Waals surface area contributed by atoms with Crippen molar-refractivity contribution >= 4 is 11.9 Å². The number of unbranched alkanes of at least 4 members (excludes halogenated alkanes) is 1. The minimum absolute atomic E-state index is 0.113. The van der Waals surface area contributed by atoms with Gasteiger partial charge in [-0.3, -0.25) is 4.79 Å². The first kappa shape index (κ1) is 25.9. The van der Waals surface area contributed by atoms with Gasteiger partial charge in [-0.2, -0.15) is 0 Å². The van der Waals surface area contributed by atoms with Crippen LogP contribution < -0.4 is 10.6 Å². The molecule has 0 aromatic carbocycles. The van der Waals surface area contributed by atoms with Crippen molar-refractivity contribution in [2.45, 2.75) is 79.3 Å². The Morgan fingerprint density at radius 3 is 2.11 bits per heavy atom. The van der Waals surface area contributed by atoms with Gasteiger partial charge in [0.1, 0.15) is 13.2 Å². The highest BCUT2D eigenvalue weighted by atomic mass is 16.5. The number of quaternary nitrogens is 1. The largest absolute Gasteiger partial charge is 0.444 e. The van der Waals surface area contributed by atoms with E-state index in [1.165, 1.54) is 0 Å². The average molecular weight is 387 g/mol. The highest BCUT2D eigenvalue weighted by molar-refractivity contribution is 5.88. The van der Waals surface area contributed by atoms with Crippen LogP contribution in [-0.4, -0.2) is 68.3 Å². The Bertz CT molecular complexity index is 462. The fourth-order valence-electron chi connectivity index (χ4n) is 2.57. The first-order valence-corrected chi connectivity index (χ1v) is 10.2. The summed E-state index contributed by atoms with van der Waals surface area (Å²) in [7, 11) is 4.23. The number of nitrogens with zero attached hydrogens (tertiary/aromatic N) is 1. The van der Waals surface area contributed by atoms with Gasteiger partial charge in [0.05, 0.1) is 26.7 Å². The van der Waals surface area contributed by atoms with Gasteiger partial charge in [-0.25, -0.2) is 4.79 Å². The molecule has 2 N–H and O–H groups in total. The lowest BCUT2D eigenvalue weighted by Crippen LogP contribution is -2.50. The standard InChI is InChI=1S/C21H43N3O3/c1-10-24(8,9)15-16-27-19(26)22-14-12-11-13-17(23-21(5,6)7)18(25)20(2,3)4/h17,23H,10-16H2,1-9H3/p+1. The van der Waals surface area contributed by atoms with E-state index in [2.05, 4.69) is 52.4 Å². The van der Waals surface area contributed by atoms with E-state index >= 15 is 0 Å². The maximum Gasteiger partial charge on any atom is 0.407 e. The van der Waals surface area contributed by atoms with Gasteiger partial charge in [-0.05, 0) is 47.0 Å². The first-order valence-electron chi connectivity index (χ1n) is 10.2. The number of rotatable bonds is 11. The topological polar surface area (TPSA) is 67.4 Å². The van der Waals surface area contributed by atoms with E-state index in [1.54, 1.807) is 0 Å². The summed E-state index contributed by atoms with van der Waals surface area (Å²) in [6, 6.07) is -0.161.